The SMILES string of the molecule is N[C@@H](Cc1ccc(N2CC(O)NS2(O)O)cc1)C(=O)O. The first kappa shape index (κ1) is 15.0. The van der Waals surface area contributed by atoms with Gasteiger partial charge in [-0.05, 0) is 24.1 Å². The molecule has 1 aliphatic heterocycles. The van der Waals surface area contributed by atoms with Crippen LogP contribution in [0.1, 0.15) is 5.56 Å². The van der Waals surface area contributed by atoms with E-state index in [4.69, 9.17) is 10.8 Å². The lowest BCUT2D eigenvalue weighted by Crippen LogP contribution is -2.32. The summed E-state index contributed by atoms with van der Waals surface area (Å²) in [4.78, 5) is 10.7. The lowest BCUT2D eigenvalue weighted by molar-refractivity contribution is -0.138. The van der Waals surface area contributed by atoms with Crippen LogP contribution in [0.2, 0.25) is 0 Å². The highest BCUT2D eigenvalue weighted by Gasteiger charge is 2.34. The number of carbonyl (C=O) groups is 1. The van der Waals surface area contributed by atoms with Crippen LogP contribution >= 0.6 is 11.0 Å². The number of hydrogen-bond acceptors (Lipinski definition) is 7. The van der Waals surface area contributed by atoms with E-state index in [0.717, 1.165) is 5.56 Å². The summed E-state index contributed by atoms with van der Waals surface area (Å²) in [5.74, 6) is -1.07. The molecule has 0 saturated carbocycles. The van der Waals surface area contributed by atoms with Crippen molar-refractivity contribution in [3.8, 4) is 0 Å². The van der Waals surface area contributed by atoms with Crippen LogP contribution in [-0.4, -0.2) is 44.1 Å². The summed E-state index contributed by atoms with van der Waals surface area (Å²) >= 11 is 0. The molecule has 0 spiro atoms. The molecule has 0 amide bonds. The van der Waals surface area contributed by atoms with Crippen LogP contribution in [0.4, 0.5) is 5.69 Å². The molecule has 112 valence electrons. The van der Waals surface area contributed by atoms with E-state index >= 15 is 0 Å². The average molecular weight is 303 g/mol. The highest BCUT2D eigenvalue weighted by Crippen LogP contribution is 2.46. The van der Waals surface area contributed by atoms with Gasteiger partial charge >= 0.3 is 5.97 Å². The third kappa shape index (κ3) is 3.20. The van der Waals surface area contributed by atoms with E-state index in [1.54, 1.807) is 24.3 Å². The molecule has 1 aromatic carbocycles. The number of anilines is 1. The summed E-state index contributed by atoms with van der Waals surface area (Å²) in [6.07, 6.45) is -0.827. The number of nitrogens with one attached hydrogen (secondary N) is 1. The molecular formula is C11H17N3O5S. The summed E-state index contributed by atoms with van der Waals surface area (Å²) in [7, 11) is -3.22. The van der Waals surface area contributed by atoms with Crippen molar-refractivity contribution < 1.29 is 24.1 Å². The molecule has 1 aromatic rings. The van der Waals surface area contributed by atoms with Gasteiger partial charge in [0.2, 0.25) is 0 Å². The Bertz CT molecular complexity index is 495. The number of benzene rings is 1. The molecule has 2 rings (SSSR count). The van der Waals surface area contributed by atoms with Gasteiger partial charge < -0.3 is 15.9 Å². The van der Waals surface area contributed by atoms with Gasteiger partial charge in [0.1, 0.15) is 12.3 Å². The topological polar surface area (TPSA) is 139 Å². The molecule has 1 saturated heterocycles. The predicted molar refractivity (Wildman–Crippen MR) is 75.1 cm³/mol. The third-order valence-electron chi connectivity index (χ3n) is 2.94. The summed E-state index contributed by atoms with van der Waals surface area (Å²) in [5, 5.41) is 18.1. The highest BCUT2D eigenvalue weighted by molar-refractivity contribution is 8.24. The van der Waals surface area contributed by atoms with Crippen LogP contribution in [-0.2, 0) is 11.2 Å². The van der Waals surface area contributed by atoms with Crippen molar-refractivity contribution >= 4 is 22.6 Å². The Morgan fingerprint density at radius 2 is 2.05 bits per heavy atom. The molecule has 0 bridgehead atoms. The van der Waals surface area contributed by atoms with Crippen molar-refractivity contribution in [3.05, 3.63) is 29.8 Å². The smallest absolute Gasteiger partial charge is 0.320 e. The molecule has 7 N–H and O–H groups in total. The second-order valence-electron chi connectivity index (χ2n) is 4.53. The Labute approximate surface area is 117 Å². The van der Waals surface area contributed by atoms with Gasteiger partial charge in [-0.15, -0.1) is 0 Å². The molecule has 1 fully saturated rings. The number of carboxylic acids is 1. The Balaban J connectivity index is 2.10. The highest BCUT2D eigenvalue weighted by atomic mass is 32.3. The second kappa shape index (κ2) is 5.56. The number of carboxylic acid groups (broad SMARTS) is 1. The fourth-order valence-corrected chi connectivity index (χ4v) is 3.27. The normalized spacial score (nSPS) is 24.4. The van der Waals surface area contributed by atoms with E-state index in [9.17, 15) is 19.0 Å². The summed E-state index contributed by atoms with van der Waals surface area (Å²) in [6, 6.07) is 5.60. The number of nitrogens with zero attached hydrogens (tertiary/aromatic N) is 1. The van der Waals surface area contributed by atoms with Crippen LogP contribution in [0.5, 0.6) is 0 Å². The number of aliphatic hydroxyl groups is 1. The number of nitrogens with two attached hydrogens (primary N) is 1. The van der Waals surface area contributed by atoms with Crippen LogP contribution in [0.25, 0.3) is 0 Å². The van der Waals surface area contributed by atoms with Gasteiger partial charge in [-0.1, -0.05) is 23.1 Å². The van der Waals surface area contributed by atoms with Crippen molar-refractivity contribution in [1.29, 1.82) is 0 Å². The van der Waals surface area contributed by atoms with E-state index in [1.807, 2.05) is 0 Å². The molecule has 8 nitrogen and oxygen atoms in total. The fourth-order valence-electron chi connectivity index (χ4n) is 1.94. The van der Waals surface area contributed by atoms with E-state index in [-0.39, 0.29) is 13.0 Å². The van der Waals surface area contributed by atoms with E-state index in [0.29, 0.717) is 5.69 Å². The number of β-amino-alcohol motifs (C(OH)–C–C–N with tert-alkyl or cyclic N) is 1. The zero-order valence-electron chi connectivity index (χ0n) is 10.5. The first-order valence-electron chi connectivity index (χ1n) is 5.88. The Morgan fingerprint density at radius 3 is 2.50 bits per heavy atom. The van der Waals surface area contributed by atoms with Crippen LogP contribution in [0.15, 0.2) is 24.3 Å². The van der Waals surface area contributed by atoms with Gasteiger partial charge in [0, 0.05) is 0 Å². The van der Waals surface area contributed by atoms with Crippen LogP contribution in [0, 0.1) is 0 Å². The molecule has 2 atom stereocenters. The lowest BCUT2D eigenvalue weighted by Gasteiger charge is -2.36. The standard InChI is InChI=1S/C11H17N3O5S/c12-9(11(16)17)5-7-1-3-8(4-2-7)14-6-10(15)13-20(14,18)19/h1-4,9-10,13,15,18-19H,5-6,12H2,(H,16,17)/t9-,10?/m0/s1. The second-order valence-corrected chi connectivity index (χ2v) is 6.24. The largest absolute Gasteiger partial charge is 0.480 e. The first-order chi connectivity index (χ1) is 9.29. The van der Waals surface area contributed by atoms with Gasteiger partial charge in [0.25, 0.3) is 0 Å². The zero-order valence-corrected chi connectivity index (χ0v) is 11.3. The molecule has 0 aliphatic carbocycles. The van der Waals surface area contributed by atoms with Crippen molar-refractivity contribution in [2.75, 3.05) is 10.8 Å². The molecule has 20 heavy (non-hydrogen) atoms. The quantitative estimate of drug-likeness (QED) is 0.455. The zero-order chi connectivity index (χ0) is 14.9. The maximum absolute atomic E-state index is 10.7. The van der Waals surface area contributed by atoms with E-state index < -0.39 is 29.2 Å². The number of aliphatic carboxylic acids is 1. The molecule has 0 aromatic heterocycles. The van der Waals surface area contributed by atoms with Gasteiger partial charge in [0.05, 0.1) is 12.2 Å². The van der Waals surface area contributed by atoms with E-state index in [2.05, 4.69) is 4.72 Å². The Hall–Kier alpha value is -1.36. The van der Waals surface area contributed by atoms with Crippen molar-refractivity contribution in [2.45, 2.75) is 18.7 Å². The van der Waals surface area contributed by atoms with Gasteiger partial charge in [-0.2, -0.15) is 4.72 Å². The molecule has 1 heterocycles. The molecule has 1 unspecified atom stereocenters. The lowest BCUT2D eigenvalue weighted by atomic mass is 10.1. The average Bonchev–Trinajstić information content (AvgIpc) is 2.63. The van der Waals surface area contributed by atoms with Crippen molar-refractivity contribution in [3.63, 3.8) is 0 Å². The molecule has 9 heteroatoms. The summed E-state index contributed by atoms with van der Waals surface area (Å²) in [5.41, 5.74) is 6.69. The fraction of sp³-hybridized carbons (Fsp3) is 0.364. The number of aliphatic hydroxyl groups excluding tert-OH is 1. The van der Waals surface area contributed by atoms with E-state index in [1.165, 1.54) is 4.31 Å². The van der Waals surface area contributed by atoms with Crippen molar-refractivity contribution in [1.82, 2.24) is 4.72 Å². The minimum atomic E-state index is -3.22. The minimum Gasteiger partial charge on any atom is -0.480 e. The molecule has 1 aliphatic rings. The summed E-state index contributed by atoms with van der Waals surface area (Å²) in [6.45, 7) is 0.0519. The Morgan fingerprint density at radius 1 is 1.45 bits per heavy atom. The van der Waals surface area contributed by atoms with Gasteiger partial charge in [-0.3, -0.25) is 18.2 Å². The number of rotatable bonds is 4. The van der Waals surface area contributed by atoms with Crippen molar-refractivity contribution in [2.24, 2.45) is 5.73 Å². The maximum Gasteiger partial charge on any atom is 0.320 e. The molecule has 0 radical (unpaired) electrons. The van der Waals surface area contributed by atoms with Crippen LogP contribution < -0.4 is 14.8 Å². The van der Waals surface area contributed by atoms with Gasteiger partial charge in [0.15, 0.2) is 0 Å². The summed E-state index contributed by atoms with van der Waals surface area (Å²) < 4.78 is 23.1. The third-order valence-corrected chi connectivity index (χ3v) is 4.50. The monoisotopic (exact) mass is 303 g/mol. The first-order valence-corrected chi connectivity index (χ1v) is 7.38. The van der Waals surface area contributed by atoms with Crippen LogP contribution in [0.3, 0.4) is 0 Å². The van der Waals surface area contributed by atoms with Gasteiger partial charge in [-0.25, -0.2) is 0 Å². The molecular weight excluding hydrogens is 286 g/mol. The minimum absolute atomic E-state index is 0.0519. The Kier molecular flexibility index (Phi) is 4.18. The predicted octanol–water partition coefficient (Wildman–Crippen LogP) is -0.0504. The number of hydrogen-bond donors (Lipinski definition) is 6. The maximum atomic E-state index is 10.7.